The molecule has 0 spiro atoms. The van der Waals surface area contributed by atoms with Gasteiger partial charge in [-0.1, -0.05) is 0 Å². The molecule has 3 nitrogen and oxygen atoms in total. The number of likely N-dealkylation sites (N-methyl/N-ethyl adjacent to an activating group) is 1. The monoisotopic (exact) mass is 224 g/mol. The lowest BCUT2D eigenvalue weighted by Gasteiger charge is -2.21. The van der Waals surface area contributed by atoms with Gasteiger partial charge in [0.15, 0.2) is 0 Å². The molecule has 0 radical (unpaired) electrons. The van der Waals surface area contributed by atoms with E-state index < -0.39 is 0 Å². The van der Waals surface area contributed by atoms with Crippen LogP contribution in [0.2, 0.25) is 0 Å². The maximum Gasteiger partial charge on any atom is 0.145 e. The highest BCUT2D eigenvalue weighted by atomic mass is 19.1. The number of hydrogen-bond donors (Lipinski definition) is 1. The van der Waals surface area contributed by atoms with Crippen LogP contribution in [0.4, 0.5) is 10.1 Å². The topological polar surface area (TPSA) is 24.5 Å². The van der Waals surface area contributed by atoms with Crippen LogP contribution in [-0.4, -0.2) is 33.3 Å². The highest BCUT2D eigenvalue weighted by Crippen LogP contribution is 2.31. The number of halogens is 1. The minimum Gasteiger partial charge on any atom is -0.494 e. The molecule has 0 aromatic heterocycles. The Morgan fingerprint density at radius 1 is 1.50 bits per heavy atom. The van der Waals surface area contributed by atoms with E-state index in [4.69, 9.17) is 4.74 Å². The summed E-state index contributed by atoms with van der Waals surface area (Å²) in [5.74, 6) is 0.349. The van der Waals surface area contributed by atoms with E-state index in [-0.39, 0.29) is 5.82 Å². The summed E-state index contributed by atoms with van der Waals surface area (Å²) in [6.07, 6.45) is 1.11. The normalized spacial score (nSPS) is 20.2. The summed E-state index contributed by atoms with van der Waals surface area (Å²) in [7, 11) is 3.54. The van der Waals surface area contributed by atoms with Crippen LogP contribution < -0.4 is 15.0 Å². The van der Waals surface area contributed by atoms with E-state index in [1.54, 1.807) is 13.2 Å². The Balaban J connectivity index is 2.20. The van der Waals surface area contributed by atoms with Crippen LogP contribution in [0.5, 0.6) is 5.75 Å². The minimum atomic E-state index is -0.259. The first-order valence-corrected chi connectivity index (χ1v) is 5.50. The molecule has 1 unspecified atom stereocenters. The summed E-state index contributed by atoms with van der Waals surface area (Å²) in [4.78, 5) is 2.22. The van der Waals surface area contributed by atoms with Crippen molar-refractivity contribution in [2.24, 2.45) is 0 Å². The van der Waals surface area contributed by atoms with Crippen molar-refractivity contribution in [3.8, 4) is 5.75 Å². The maximum atomic E-state index is 13.1. The van der Waals surface area contributed by atoms with Crippen LogP contribution in [0.25, 0.3) is 0 Å². The lowest BCUT2D eigenvalue weighted by Crippen LogP contribution is -2.29. The zero-order chi connectivity index (χ0) is 11.5. The molecule has 4 heteroatoms. The van der Waals surface area contributed by atoms with Crippen LogP contribution >= 0.6 is 0 Å². The van der Waals surface area contributed by atoms with Crippen LogP contribution in [0.1, 0.15) is 6.42 Å². The van der Waals surface area contributed by atoms with Gasteiger partial charge in [0.05, 0.1) is 12.8 Å². The smallest absolute Gasteiger partial charge is 0.145 e. The molecular weight excluding hydrogens is 207 g/mol. The molecule has 0 amide bonds. The molecule has 1 fully saturated rings. The Hall–Kier alpha value is -1.29. The molecule has 0 aliphatic carbocycles. The SMILES string of the molecule is CNC1CCN(c2ccc(F)cc2OC)C1. The predicted molar refractivity (Wildman–Crippen MR) is 62.6 cm³/mol. The van der Waals surface area contributed by atoms with Gasteiger partial charge in [0, 0.05) is 25.2 Å². The number of rotatable bonds is 3. The lowest BCUT2D eigenvalue weighted by atomic mass is 10.2. The third-order valence-electron chi connectivity index (χ3n) is 3.08. The number of methoxy groups -OCH3 is 1. The Bertz CT molecular complexity index is 370. The maximum absolute atomic E-state index is 13.1. The number of benzene rings is 1. The van der Waals surface area contributed by atoms with Gasteiger partial charge in [-0.05, 0) is 25.6 Å². The Morgan fingerprint density at radius 2 is 2.31 bits per heavy atom. The number of nitrogens with one attached hydrogen (secondary N) is 1. The van der Waals surface area contributed by atoms with E-state index >= 15 is 0 Å². The number of hydrogen-bond acceptors (Lipinski definition) is 3. The van der Waals surface area contributed by atoms with Crippen molar-refractivity contribution < 1.29 is 9.13 Å². The molecular formula is C12H17FN2O. The van der Waals surface area contributed by atoms with Crippen molar-refractivity contribution in [3.63, 3.8) is 0 Å². The number of ether oxygens (including phenoxy) is 1. The van der Waals surface area contributed by atoms with Gasteiger partial charge in [0.2, 0.25) is 0 Å². The van der Waals surface area contributed by atoms with Crippen molar-refractivity contribution in [1.82, 2.24) is 5.32 Å². The molecule has 88 valence electrons. The van der Waals surface area contributed by atoms with E-state index in [1.165, 1.54) is 12.1 Å². The zero-order valence-electron chi connectivity index (χ0n) is 9.66. The standard InChI is InChI=1S/C12H17FN2O/c1-14-10-5-6-15(8-10)11-4-3-9(13)7-12(11)16-2/h3-4,7,10,14H,5-6,8H2,1-2H3. The van der Waals surface area contributed by atoms with Gasteiger partial charge in [-0.15, -0.1) is 0 Å². The second kappa shape index (κ2) is 4.70. The quantitative estimate of drug-likeness (QED) is 0.844. The van der Waals surface area contributed by atoms with Crippen LogP contribution in [-0.2, 0) is 0 Å². The Morgan fingerprint density at radius 3 is 2.94 bits per heavy atom. The largest absolute Gasteiger partial charge is 0.494 e. The summed E-state index contributed by atoms with van der Waals surface area (Å²) in [6, 6.07) is 5.20. The second-order valence-electron chi connectivity index (χ2n) is 4.04. The minimum absolute atomic E-state index is 0.259. The zero-order valence-corrected chi connectivity index (χ0v) is 9.66. The molecule has 1 aliphatic rings. The highest BCUT2D eigenvalue weighted by molar-refractivity contribution is 5.59. The van der Waals surface area contributed by atoms with Crippen molar-refractivity contribution in [3.05, 3.63) is 24.0 Å². The molecule has 1 aliphatic heterocycles. The number of anilines is 1. The molecule has 1 heterocycles. The summed E-state index contributed by atoms with van der Waals surface area (Å²) >= 11 is 0. The van der Waals surface area contributed by atoms with E-state index in [1.807, 2.05) is 7.05 Å². The molecule has 0 saturated carbocycles. The third kappa shape index (κ3) is 2.11. The van der Waals surface area contributed by atoms with Crippen molar-refractivity contribution in [1.29, 1.82) is 0 Å². The summed E-state index contributed by atoms with van der Waals surface area (Å²) in [5.41, 5.74) is 0.974. The summed E-state index contributed by atoms with van der Waals surface area (Å²) < 4.78 is 18.3. The molecule has 1 saturated heterocycles. The van der Waals surface area contributed by atoms with Gasteiger partial charge in [-0.25, -0.2) is 4.39 Å². The molecule has 1 aromatic carbocycles. The van der Waals surface area contributed by atoms with Crippen molar-refractivity contribution in [2.75, 3.05) is 32.1 Å². The van der Waals surface area contributed by atoms with Gasteiger partial charge in [0.25, 0.3) is 0 Å². The van der Waals surface area contributed by atoms with Crippen LogP contribution in [0, 0.1) is 5.82 Å². The van der Waals surface area contributed by atoms with Gasteiger partial charge < -0.3 is 15.0 Å². The molecule has 16 heavy (non-hydrogen) atoms. The third-order valence-corrected chi connectivity index (χ3v) is 3.08. The Kier molecular flexibility index (Phi) is 3.29. The van der Waals surface area contributed by atoms with E-state index in [0.29, 0.717) is 11.8 Å². The number of nitrogens with zero attached hydrogens (tertiary/aromatic N) is 1. The van der Waals surface area contributed by atoms with E-state index in [2.05, 4.69) is 10.2 Å². The first-order chi connectivity index (χ1) is 7.74. The first kappa shape index (κ1) is 11.2. The summed E-state index contributed by atoms with van der Waals surface area (Å²) in [6.45, 7) is 1.92. The summed E-state index contributed by atoms with van der Waals surface area (Å²) in [5, 5.41) is 3.26. The van der Waals surface area contributed by atoms with Gasteiger partial charge in [-0.3, -0.25) is 0 Å². The first-order valence-electron chi connectivity index (χ1n) is 5.50. The molecule has 1 aromatic rings. The van der Waals surface area contributed by atoms with Crippen LogP contribution in [0.3, 0.4) is 0 Å². The van der Waals surface area contributed by atoms with E-state index in [0.717, 1.165) is 25.2 Å². The average molecular weight is 224 g/mol. The highest BCUT2D eigenvalue weighted by Gasteiger charge is 2.23. The average Bonchev–Trinajstić information content (AvgIpc) is 2.77. The van der Waals surface area contributed by atoms with Crippen molar-refractivity contribution >= 4 is 5.69 Å². The molecule has 1 atom stereocenters. The van der Waals surface area contributed by atoms with Gasteiger partial charge in [0.1, 0.15) is 11.6 Å². The van der Waals surface area contributed by atoms with Gasteiger partial charge >= 0.3 is 0 Å². The van der Waals surface area contributed by atoms with Crippen LogP contribution in [0.15, 0.2) is 18.2 Å². The fraction of sp³-hybridized carbons (Fsp3) is 0.500. The molecule has 2 rings (SSSR count). The lowest BCUT2D eigenvalue weighted by molar-refractivity contribution is 0.411. The molecule has 1 N–H and O–H groups in total. The van der Waals surface area contributed by atoms with Crippen molar-refractivity contribution in [2.45, 2.75) is 12.5 Å². The Labute approximate surface area is 95.2 Å². The fourth-order valence-corrected chi connectivity index (χ4v) is 2.13. The predicted octanol–water partition coefficient (Wildman–Crippen LogP) is 1.63. The van der Waals surface area contributed by atoms with E-state index in [9.17, 15) is 4.39 Å². The molecule has 0 bridgehead atoms. The fourth-order valence-electron chi connectivity index (χ4n) is 2.13. The van der Waals surface area contributed by atoms with Gasteiger partial charge in [-0.2, -0.15) is 0 Å². The second-order valence-corrected chi connectivity index (χ2v) is 4.04.